The second-order valence-corrected chi connectivity index (χ2v) is 5.46. The highest BCUT2D eigenvalue weighted by molar-refractivity contribution is 7.97. The Hall–Kier alpha value is -1.74. The summed E-state index contributed by atoms with van der Waals surface area (Å²) in [6.07, 6.45) is 2.98. The van der Waals surface area contributed by atoms with Crippen molar-refractivity contribution >= 4 is 23.4 Å². The highest BCUT2D eigenvalue weighted by Crippen LogP contribution is 2.17. The van der Waals surface area contributed by atoms with Crippen LogP contribution in [0.15, 0.2) is 48.5 Å². The molecule has 20 heavy (non-hydrogen) atoms. The van der Waals surface area contributed by atoms with Crippen molar-refractivity contribution in [2.24, 2.45) is 0 Å². The molecule has 0 aromatic heterocycles. The van der Waals surface area contributed by atoms with E-state index in [0.717, 1.165) is 23.4 Å². The van der Waals surface area contributed by atoms with E-state index in [0.29, 0.717) is 5.56 Å². The van der Waals surface area contributed by atoms with Gasteiger partial charge in [0.1, 0.15) is 0 Å². The number of carbonyl (C=O) groups excluding carboxylic acids is 1. The van der Waals surface area contributed by atoms with E-state index in [9.17, 15) is 4.79 Å². The summed E-state index contributed by atoms with van der Waals surface area (Å²) in [6, 6.07) is 15.7. The third-order valence-corrected chi connectivity index (χ3v) is 3.80. The van der Waals surface area contributed by atoms with Gasteiger partial charge in [-0.2, -0.15) is 11.8 Å². The van der Waals surface area contributed by atoms with Gasteiger partial charge < -0.3 is 5.32 Å². The second kappa shape index (κ2) is 7.15. The zero-order valence-electron chi connectivity index (χ0n) is 11.8. The van der Waals surface area contributed by atoms with E-state index < -0.39 is 0 Å². The van der Waals surface area contributed by atoms with Gasteiger partial charge in [-0.05, 0) is 42.0 Å². The Labute approximate surface area is 124 Å². The van der Waals surface area contributed by atoms with E-state index in [1.165, 1.54) is 5.56 Å². The maximum atomic E-state index is 12.2. The molecule has 0 heterocycles. The Kier molecular flexibility index (Phi) is 5.24. The van der Waals surface area contributed by atoms with E-state index in [4.69, 9.17) is 0 Å². The maximum absolute atomic E-state index is 12.2. The first-order valence-electron chi connectivity index (χ1n) is 6.71. The molecule has 0 aliphatic rings. The SMILES string of the molecule is CCc1ccccc1NC(=O)c1ccc(CSC)cc1. The van der Waals surface area contributed by atoms with Gasteiger partial charge in [0, 0.05) is 17.0 Å². The summed E-state index contributed by atoms with van der Waals surface area (Å²) in [7, 11) is 0. The summed E-state index contributed by atoms with van der Waals surface area (Å²) in [5.74, 6) is 0.919. The lowest BCUT2D eigenvalue weighted by atomic mass is 10.1. The van der Waals surface area contributed by atoms with Gasteiger partial charge in [-0.1, -0.05) is 37.3 Å². The fourth-order valence-electron chi connectivity index (χ4n) is 2.06. The number of aryl methyl sites for hydroxylation is 1. The number of benzene rings is 2. The van der Waals surface area contributed by atoms with Gasteiger partial charge in [0.25, 0.3) is 5.91 Å². The quantitative estimate of drug-likeness (QED) is 0.884. The predicted octanol–water partition coefficient (Wildman–Crippen LogP) is 4.36. The van der Waals surface area contributed by atoms with Crippen LogP contribution >= 0.6 is 11.8 Å². The topological polar surface area (TPSA) is 29.1 Å². The molecule has 0 radical (unpaired) electrons. The Morgan fingerprint density at radius 1 is 1.10 bits per heavy atom. The number of para-hydroxylation sites is 1. The van der Waals surface area contributed by atoms with Crippen LogP contribution in [-0.2, 0) is 12.2 Å². The molecule has 0 spiro atoms. The molecule has 0 unspecified atom stereocenters. The molecular formula is C17H19NOS. The number of hydrogen-bond donors (Lipinski definition) is 1. The van der Waals surface area contributed by atoms with Crippen molar-refractivity contribution in [1.29, 1.82) is 0 Å². The number of anilines is 1. The minimum atomic E-state index is -0.0541. The molecular weight excluding hydrogens is 266 g/mol. The first-order valence-corrected chi connectivity index (χ1v) is 8.11. The summed E-state index contributed by atoms with van der Waals surface area (Å²) in [5.41, 5.74) is 3.98. The van der Waals surface area contributed by atoms with E-state index >= 15 is 0 Å². The average Bonchev–Trinajstić information content (AvgIpc) is 2.49. The molecule has 1 N–H and O–H groups in total. The first-order chi connectivity index (χ1) is 9.74. The van der Waals surface area contributed by atoms with Crippen molar-refractivity contribution in [1.82, 2.24) is 0 Å². The number of rotatable bonds is 5. The fourth-order valence-corrected chi connectivity index (χ4v) is 2.59. The normalized spacial score (nSPS) is 10.3. The van der Waals surface area contributed by atoms with Crippen LogP contribution in [0, 0.1) is 0 Å². The minimum Gasteiger partial charge on any atom is -0.322 e. The van der Waals surface area contributed by atoms with Crippen molar-refractivity contribution in [3.05, 3.63) is 65.2 Å². The van der Waals surface area contributed by atoms with Crippen molar-refractivity contribution < 1.29 is 4.79 Å². The van der Waals surface area contributed by atoms with Gasteiger partial charge in [0.2, 0.25) is 0 Å². The third kappa shape index (κ3) is 3.64. The van der Waals surface area contributed by atoms with Gasteiger partial charge >= 0.3 is 0 Å². The first kappa shape index (κ1) is 14.7. The van der Waals surface area contributed by atoms with Crippen molar-refractivity contribution in [2.75, 3.05) is 11.6 Å². The van der Waals surface area contributed by atoms with E-state index in [-0.39, 0.29) is 5.91 Å². The van der Waals surface area contributed by atoms with Gasteiger partial charge in [-0.25, -0.2) is 0 Å². The van der Waals surface area contributed by atoms with Crippen LogP contribution in [0.3, 0.4) is 0 Å². The van der Waals surface area contributed by atoms with Crippen LogP contribution in [0.1, 0.15) is 28.4 Å². The van der Waals surface area contributed by atoms with Crippen molar-refractivity contribution in [2.45, 2.75) is 19.1 Å². The molecule has 0 atom stereocenters. The van der Waals surface area contributed by atoms with Crippen molar-refractivity contribution in [3.8, 4) is 0 Å². The number of carbonyl (C=O) groups is 1. The third-order valence-electron chi connectivity index (χ3n) is 3.17. The predicted molar refractivity (Wildman–Crippen MR) is 87.4 cm³/mol. The Bertz CT molecular complexity index is 578. The molecule has 3 heteroatoms. The molecule has 0 aliphatic heterocycles. The number of hydrogen-bond acceptors (Lipinski definition) is 2. The van der Waals surface area contributed by atoms with Crippen LogP contribution in [0.25, 0.3) is 0 Å². The largest absolute Gasteiger partial charge is 0.322 e. The molecule has 1 amide bonds. The van der Waals surface area contributed by atoms with Crippen LogP contribution in [0.5, 0.6) is 0 Å². The van der Waals surface area contributed by atoms with Crippen LogP contribution in [-0.4, -0.2) is 12.2 Å². The molecule has 0 saturated heterocycles. The molecule has 104 valence electrons. The van der Waals surface area contributed by atoms with Gasteiger partial charge in [0.15, 0.2) is 0 Å². The van der Waals surface area contributed by atoms with Crippen LogP contribution in [0.4, 0.5) is 5.69 Å². The highest BCUT2D eigenvalue weighted by atomic mass is 32.2. The lowest BCUT2D eigenvalue weighted by Gasteiger charge is -2.10. The lowest BCUT2D eigenvalue weighted by molar-refractivity contribution is 0.102. The number of nitrogens with one attached hydrogen (secondary N) is 1. The summed E-state index contributed by atoms with van der Waals surface area (Å²) in [4.78, 5) is 12.2. The molecule has 2 aromatic rings. The standard InChI is InChI=1S/C17H19NOS/c1-3-14-6-4-5-7-16(14)18-17(19)15-10-8-13(9-11-15)12-20-2/h4-11H,3,12H2,1-2H3,(H,18,19). The number of amides is 1. The van der Waals surface area contributed by atoms with E-state index in [2.05, 4.69) is 18.5 Å². The average molecular weight is 285 g/mol. The zero-order chi connectivity index (χ0) is 14.4. The Morgan fingerprint density at radius 3 is 2.45 bits per heavy atom. The molecule has 0 saturated carbocycles. The highest BCUT2D eigenvalue weighted by Gasteiger charge is 2.08. The van der Waals surface area contributed by atoms with Gasteiger partial charge in [0.05, 0.1) is 0 Å². The monoisotopic (exact) mass is 285 g/mol. The summed E-state index contributed by atoms with van der Waals surface area (Å²) in [6.45, 7) is 2.09. The second-order valence-electron chi connectivity index (χ2n) is 4.59. The summed E-state index contributed by atoms with van der Waals surface area (Å²) >= 11 is 1.78. The molecule has 0 aliphatic carbocycles. The molecule has 2 aromatic carbocycles. The molecule has 0 fully saturated rings. The maximum Gasteiger partial charge on any atom is 0.255 e. The Morgan fingerprint density at radius 2 is 1.80 bits per heavy atom. The Balaban J connectivity index is 2.11. The summed E-state index contributed by atoms with van der Waals surface area (Å²) < 4.78 is 0. The van der Waals surface area contributed by atoms with E-state index in [1.54, 1.807) is 11.8 Å². The van der Waals surface area contributed by atoms with Gasteiger partial charge in [-0.3, -0.25) is 4.79 Å². The van der Waals surface area contributed by atoms with Crippen molar-refractivity contribution in [3.63, 3.8) is 0 Å². The smallest absolute Gasteiger partial charge is 0.255 e. The summed E-state index contributed by atoms with van der Waals surface area (Å²) in [5, 5.41) is 2.99. The molecule has 2 rings (SSSR count). The molecule has 2 nitrogen and oxygen atoms in total. The lowest BCUT2D eigenvalue weighted by Crippen LogP contribution is -2.13. The van der Waals surface area contributed by atoms with Crippen LogP contribution in [0.2, 0.25) is 0 Å². The molecule has 0 bridgehead atoms. The fraction of sp³-hybridized carbons (Fsp3) is 0.235. The van der Waals surface area contributed by atoms with Gasteiger partial charge in [-0.15, -0.1) is 0 Å². The number of thioether (sulfide) groups is 1. The zero-order valence-corrected chi connectivity index (χ0v) is 12.7. The van der Waals surface area contributed by atoms with Crippen LogP contribution < -0.4 is 5.32 Å². The minimum absolute atomic E-state index is 0.0541. The van der Waals surface area contributed by atoms with E-state index in [1.807, 2.05) is 48.5 Å².